The van der Waals surface area contributed by atoms with Crippen molar-refractivity contribution in [2.75, 3.05) is 11.9 Å². The molecule has 0 aliphatic carbocycles. The fourth-order valence-corrected chi connectivity index (χ4v) is 3.22. The topological polar surface area (TPSA) is 110 Å². The Balaban J connectivity index is 1.90. The van der Waals surface area contributed by atoms with E-state index in [1.54, 1.807) is 20.0 Å². The van der Waals surface area contributed by atoms with Gasteiger partial charge in [0.15, 0.2) is 5.78 Å². The average molecular weight is 364 g/mol. The largest absolute Gasteiger partial charge is 0.311 e. The third-order valence-electron chi connectivity index (χ3n) is 3.48. The van der Waals surface area contributed by atoms with Crippen molar-refractivity contribution in [3.05, 3.63) is 41.6 Å². The molecule has 2 N–H and O–H groups in total. The van der Waals surface area contributed by atoms with Crippen LogP contribution in [0.5, 0.6) is 0 Å². The van der Waals surface area contributed by atoms with E-state index in [0.29, 0.717) is 11.4 Å². The van der Waals surface area contributed by atoms with E-state index < -0.39 is 10.0 Å². The first-order chi connectivity index (χ1) is 11.7. The molecule has 8 nitrogen and oxygen atoms in total. The second-order valence-electron chi connectivity index (χ2n) is 5.57. The maximum Gasteiger partial charge on any atom is 0.240 e. The molecule has 0 unspecified atom stereocenters. The van der Waals surface area contributed by atoms with Crippen LogP contribution in [0.1, 0.15) is 29.4 Å². The molecule has 0 fully saturated rings. The van der Waals surface area contributed by atoms with Crippen LogP contribution in [0.25, 0.3) is 0 Å². The first-order valence-electron chi connectivity index (χ1n) is 7.60. The summed E-state index contributed by atoms with van der Waals surface area (Å²) in [7, 11) is -2.03. The van der Waals surface area contributed by atoms with Crippen molar-refractivity contribution in [2.24, 2.45) is 7.05 Å². The Morgan fingerprint density at radius 3 is 2.36 bits per heavy atom. The van der Waals surface area contributed by atoms with Gasteiger partial charge in [-0.15, -0.1) is 0 Å². The monoisotopic (exact) mass is 364 g/mol. The summed E-state index contributed by atoms with van der Waals surface area (Å²) in [6.07, 6.45) is -0.0189. The SMILES string of the molecule is CC(=O)c1ccc(S(=O)(=O)NCCC(=O)Nc2cc(C)nn2C)cc1. The Morgan fingerprint density at radius 1 is 1.20 bits per heavy atom. The van der Waals surface area contributed by atoms with E-state index in [1.165, 1.54) is 35.9 Å². The summed E-state index contributed by atoms with van der Waals surface area (Å²) < 4.78 is 28.2. The Morgan fingerprint density at radius 2 is 1.84 bits per heavy atom. The van der Waals surface area contributed by atoms with E-state index in [4.69, 9.17) is 0 Å². The van der Waals surface area contributed by atoms with Gasteiger partial charge in [0, 0.05) is 31.6 Å². The molecule has 0 saturated carbocycles. The van der Waals surface area contributed by atoms with Crippen LogP contribution < -0.4 is 10.0 Å². The van der Waals surface area contributed by atoms with Crippen LogP contribution in [0.15, 0.2) is 35.2 Å². The fourth-order valence-electron chi connectivity index (χ4n) is 2.18. The number of benzene rings is 1. The van der Waals surface area contributed by atoms with Gasteiger partial charge < -0.3 is 5.32 Å². The van der Waals surface area contributed by atoms with Crippen LogP contribution in [0, 0.1) is 6.92 Å². The molecular formula is C16H20N4O4S. The molecule has 1 aromatic carbocycles. The minimum atomic E-state index is -3.73. The summed E-state index contributed by atoms with van der Waals surface area (Å²) in [6.45, 7) is 3.17. The second-order valence-corrected chi connectivity index (χ2v) is 7.34. The fraction of sp³-hybridized carbons (Fsp3) is 0.312. The summed E-state index contributed by atoms with van der Waals surface area (Å²) in [5.41, 5.74) is 1.21. The summed E-state index contributed by atoms with van der Waals surface area (Å²) in [4.78, 5) is 23.1. The normalized spacial score (nSPS) is 11.3. The van der Waals surface area contributed by atoms with Gasteiger partial charge in [-0.3, -0.25) is 14.3 Å². The van der Waals surface area contributed by atoms with Crippen LogP contribution in [-0.4, -0.2) is 36.4 Å². The zero-order valence-electron chi connectivity index (χ0n) is 14.2. The molecule has 0 spiro atoms. The molecule has 25 heavy (non-hydrogen) atoms. The third kappa shape index (κ3) is 4.97. The average Bonchev–Trinajstić information content (AvgIpc) is 2.84. The third-order valence-corrected chi connectivity index (χ3v) is 4.96. The van der Waals surface area contributed by atoms with E-state index in [0.717, 1.165) is 5.69 Å². The minimum absolute atomic E-state index is 0.0189. The van der Waals surface area contributed by atoms with Gasteiger partial charge in [0.05, 0.1) is 10.6 Å². The molecule has 0 aliphatic rings. The van der Waals surface area contributed by atoms with Crippen LogP contribution >= 0.6 is 0 Å². The van der Waals surface area contributed by atoms with Gasteiger partial charge in [0.2, 0.25) is 15.9 Å². The highest BCUT2D eigenvalue weighted by Crippen LogP contribution is 2.11. The number of nitrogens with one attached hydrogen (secondary N) is 2. The van der Waals surface area contributed by atoms with Crippen molar-refractivity contribution < 1.29 is 18.0 Å². The summed E-state index contributed by atoms with van der Waals surface area (Å²) in [5.74, 6) is 0.0850. The number of Topliss-reactive ketones (excluding diaryl/α,β-unsaturated/α-hetero) is 1. The molecule has 0 saturated heterocycles. The number of ketones is 1. The number of aryl methyl sites for hydroxylation is 2. The molecule has 0 aliphatic heterocycles. The van der Waals surface area contributed by atoms with Gasteiger partial charge >= 0.3 is 0 Å². The lowest BCUT2D eigenvalue weighted by atomic mass is 10.2. The van der Waals surface area contributed by atoms with Gasteiger partial charge in [-0.2, -0.15) is 5.10 Å². The number of rotatable bonds is 7. The molecule has 0 radical (unpaired) electrons. The Labute approximate surface area is 146 Å². The highest BCUT2D eigenvalue weighted by molar-refractivity contribution is 7.89. The Bertz CT molecular complexity index is 885. The Kier molecular flexibility index (Phi) is 5.70. The molecular weight excluding hydrogens is 344 g/mol. The first kappa shape index (κ1) is 18.8. The van der Waals surface area contributed by atoms with Gasteiger partial charge in [-0.05, 0) is 26.0 Å². The Hall–Kier alpha value is -2.52. The maximum atomic E-state index is 12.2. The number of carbonyl (C=O) groups excluding carboxylic acids is 2. The van der Waals surface area contributed by atoms with Crippen molar-refractivity contribution in [2.45, 2.75) is 25.2 Å². The maximum absolute atomic E-state index is 12.2. The van der Waals surface area contributed by atoms with Crippen LogP contribution in [0.3, 0.4) is 0 Å². The smallest absolute Gasteiger partial charge is 0.240 e. The van der Waals surface area contributed by atoms with Crippen molar-refractivity contribution in [3.8, 4) is 0 Å². The number of sulfonamides is 1. The first-order valence-corrected chi connectivity index (χ1v) is 9.08. The molecule has 0 bridgehead atoms. The highest BCUT2D eigenvalue weighted by atomic mass is 32.2. The molecule has 1 heterocycles. The number of anilines is 1. The lowest BCUT2D eigenvalue weighted by molar-refractivity contribution is -0.116. The van der Waals surface area contributed by atoms with Crippen LogP contribution in [0.4, 0.5) is 5.82 Å². The second kappa shape index (κ2) is 7.58. The zero-order chi connectivity index (χ0) is 18.6. The molecule has 9 heteroatoms. The minimum Gasteiger partial charge on any atom is -0.311 e. The van der Waals surface area contributed by atoms with E-state index in [-0.39, 0.29) is 29.6 Å². The number of hydrogen-bond acceptors (Lipinski definition) is 5. The molecule has 1 amide bonds. The van der Waals surface area contributed by atoms with Crippen LogP contribution in [-0.2, 0) is 21.9 Å². The summed E-state index contributed by atoms with van der Waals surface area (Å²) >= 11 is 0. The number of hydrogen-bond donors (Lipinski definition) is 2. The van der Waals surface area contributed by atoms with Crippen LogP contribution in [0.2, 0.25) is 0 Å². The molecule has 134 valence electrons. The number of aromatic nitrogens is 2. The lowest BCUT2D eigenvalue weighted by Crippen LogP contribution is -2.28. The number of amides is 1. The van der Waals surface area contributed by atoms with Crippen molar-refractivity contribution in [1.82, 2.24) is 14.5 Å². The quantitative estimate of drug-likeness (QED) is 0.718. The predicted octanol–water partition coefficient (Wildman–Crippen LogP) is 1.24. The predicted molar refractivity (Wildman–Crippen MR) is 92.8 cm³/mol. The number of carbonyl (C=O) groups is 2. The van der Waals surface area contributed by atoms with E-state index in [9.17, 15) is 18.0 Å². The molecule has 0 atom stereocenters. The van der Waals surface area contributed by atoms with E-state index >= 15 is 0 Å². The molecule has 1 aromatic heterocycles. The summed E-state index contributed by atoms with van der Waals surface area (Å²) in [5, 5.41) is 6.78. The van der Waals surface area contributed by atoms with Gasteiger partial charge in [0.1, 0.15) is 5.82 Å². The van der Waals surface area contributed by atoms with E-state index in [1.807, 2.05) is 0 Å². The van der Waals surface area contributed by atoms with Crippen molar-refractivity contribution in [3.63, 3.8) is 0 Å². The van der Waals surface area contributed by atoms with Gasteiger partial charge in [0.25, 0.3) is 0 Å². The van der Waals surface area contributed by atoms with Crippen molar-refractivity contribution in [1.29, 1.82) is 0 Å². The van der Waals surface area contributed by atoms with Gasteiger partial charge in [-0.25, -0.2) is 13.1 Å². The lowest BCUT2D eigenvalue weighted by Gasteiger charge is -2.08. The zero-order valence-corrected chi connectivity index (χ0v) is 15.1. The van der Waals surface area contributed by atoms with E-state index in [2.05, 4.69) is 15.1 Å². The molecule has 2 rings (SSSR count). The number of nitrogens with zero attached hydrogens (tertiary/aromatic N) is 2. The standard InChI is InChI=1S/C16H20N4O4S/c1-11-10-15(20(3)19-11)18-16(22)8-9-17-25(23,24)14-6-4-13(5-7-14)12(2)21/h4-7,10,17H,8-9H2,1-3H3,(H,18,22). The van der Waals surface area contributed by atoms with Gasteiger partial charge in [-0.1, -0.05) is 12.1 Å². The highest BCUT2D eigenvalue weighted by Gasteiger charge is 2.15. The molecule has 2 aromatic rings. The van der Waals surface area contributed by atoms with Crippen molar-refractivity contribution >= 4 is 27.5 Å². The summed E-state index contributed by atoms with van der Waals surface area (Å²) in [6, 6.07) is 7.34.